The summed E-state index contributed by atoms with van der Waals surface area (Å²) < 4.78 is 11.0. The molecule has 0 amide bonds. The number of hydrogen-bond donors (Lipinski definition) is 0. The number of para-hydroxylation sites is 1. The second kappa shape index (κ2) is 9.25. The van der Waals surface area contributed by atoms with Gasteiger partial charge in [-0.15, -0.1) is 0 Å². The lowest BCUT2D eigenvalue weighted by Gasteiger charge is -2.13. The van der Waals surface area contributed by atoms with E-state index in [0.29, 0.717) is 17.4 Å². The van der Waals surface area contributed by atoms with Crippen LogP contribution in [-0.4, -0.2) is 12.1 Å². The van der Waals surface area contributed by atoms with Crippen molar-refractivity contribution in [3.8, 4) is 11.8 Å². The normalized spacial score (nSPS) is 11.2. The third kappa shape index (κ3) is 5.60. The summed E-state index contributed by atoms with van der Waals surface area (Å²) in [6.07, 6.45) is 1.28. The summed E-state index contributed by atoms with van der Waals surface area (Å²) in [5.41, 5.74) is 3.63. The van der Waals surface area contributed by atoms with Crippen molar-refractivity contribution >= 4 is 23.6 Å². The Bertz CT molecular complexity index is 910. The van der Waals surface area contributed by atoms with E-state index >= 15 is 0 Å². The predicted molar refractivity (Wildman–Crippen MR) is 107 cm³/mol. The molecule has 0 aliphatic rings. The number of aryl methyl sites for hydroxylation is 1. The summed E-state index contributed by atoms with van der Waals surface area (Å²) in [7, 11) is 0. The van der Waals surface area contributed by atoms with Gasteiger partial charge in [0, 0.05) is 0 Å². The maximum atomic E-state index is 12.1. The van der Waals surface area contributed by atoms with Crippen LogP contribution in [0.25, 0.3) is 6.08 Å². The van der Waals surface area contributed by atoms with Crippen LogP contribution in [-0.2, 0) is 16.1 Å². The highest BCUT2D eigenvalue weighted by Crippen LogP contribution is 2.26. The van der Waals surface area contributed by atoms with Crippen molar-refractivity contribution in [1.82, 2.24) is 0 Å². The SMILES string of the molecule is Cc1cc(C=C(C#N)C(=O)OC(C)C)c(C)c(COc2ccccc2Cl)c1. The minimum absolute atomic E-state index is 0.0321. The van der Waals surface area contributed by atoms with E-state index in [1.807, 2.05) is 50.2 Å². The molecule has 140 valence electrons. The molecular weight excluding hydrogens is 362 g/mol. The molecule has 4 nitrogen and oxygen atoms in total. The summed E-state index contributed by atoms with van der Waals surface area (Å²) in [5, 5.41) is 9.87. The summed E-state index contributed by atoms with van der Waals surface area (Å²) in [6, 6.07) is 13.1. The molecule has 2 aromatic carbocycles. The van der Waals surface area contributed by atoms with E-state index < -0.39 is 5.97 Å². The fraction of sp³-hybridized carbons (Fsp3) is 0.273. The highest BCUT2D eigenvalue weighted by atomic mass is 35.5. The number of nitrogens with zero attached hydrogens (tertiary/aromatic N) is 1. The van der Waals surface area contributed by atoms with Crippen LogP contribution in [0.4, 0.5) is 0 Å². The summed E-state index contributed by atoms with van der Waals surface area (Å²) >= 11 is 6.13. The molecule has 0 aromatic heterocycles. The first-order valence-corrected chi connectivity index (χ1v) is 8.99. The Kier molecular flexibility index (Phi) is 7.04. The molecule has 0 spiro atoms. The molecule has 0 saturated carbocycles. The molecule has 0 N–H and O–H groups in total. The van der Waals surface area contributed by atoms with Crippen LogP contribution in [0.15, 0.2) is 42.0 Å². The zero-order valence-corrected chi connectivity index (χ0v) is 16.6. The number of rotatable bonds is 6. The quantitative estimate of drug-likeness (QED) is 0.381. The number of benzene rings is 2. The number of carbonyl (C=O) groups is 1. The topological polar surface area (TPSA) is 59.3 Å². The fourth-order valence-electron chi connectivity index (χ4n) is 2.55. The maximum Gasteiger partial charge on any atom is 0.349 e. The summed E-state index contributed by atoms with van der Waals surface area (Å²) in [6.45, 7) is 7.70. The van der Waals surface area contributed by atoms with Gasteiger partial charge in [-0.1, -0.05) is 41.4 Å². The molecule has 0 saturated heterocycles. The van der Waals surface area contributed by atoms with E-state index in [9.17, 15) is 10.1 Å². The van der Waals surface area contributed by atoms with Crippen LogP contribution in [0.1, 0.15) is 36.1 Å². The van der Waals surface area contributed by atoms with Crippen LogP contribution in [0.5, 0.6) is 5.75 Å². The molecule has 0 fully saturated rings. The van der Waals surface area contributed by atoms with Gasteiger partial charge in [0.2, 0.25) is 0 Å². The number of hydrogen-bond acceptors (Lipinski definition) is 4. The average molecular weight is 384 g/mol. The Morgan fingerprint density at radius 2 is 1.96 bits per heavy atom. The molecule has 0 aliphatic heterocycles. The van der Waals surface area contributed by atoms with E-state index in [4.69, 9.17) is 21.1 Å². The molecule has 27 heavy (non-hydrogen) atoms. The number of carbonyl (C=O) groups excluding carboxylic acids is 1. The minimum atomic E-state index is -0.623. The Hall–Kier alpha value is -2.77. The first kappa shape index (κ1) is 20.5. The molecule has 2 aromatic rings. The lowest BCUT2D eigenvalue weighted by atomic mass is 9.98. The molecule has 0 heterocycles. The Balaban J connectivity index is 2.31. The number of halogens is 1. The van der Waals surface area contributed by atoms with Crippen molar-refractivity contribution in [2.45, 2.75) is 40.4 Å². The van der Waals surface area contributed by atoms with Gasteiger partial charge in [-0.2, -0.15) is 5.26 Å². The van der Waals surface area contributed by atoms with Gasteiger partial charge in [0.15, 0.2) is 0 Å². The van der Waals surface area contributed by atoms with E-state index in [1.54, 1.807) is 26.0 Å². The smallest absolute Gasteiger partial charge is 0.349 e. The molecule has 0 atom stereocenters. The Morgan fingerprint density at radius 3 is 2.59 bits per heavy atom. The zero-order valence-electron chi connectivity index (χ0n) is 15.9. The van der Waals surface area contributed by atoms with Crippen molar-refractivity contribution in [2.24, 2.45) is 0 Å². The summed E-state index contributed by atoms with van der Waals surface area (Å²) in [5.74, 6) is -0.0161. The van der Waals surface area contributed by atoms with Gasteiger partial charge in [-0.05, 0) is 62.6 Å². The van der Waals surface area contributed by atoms with Crippen molar-refractivity contribution in [1.29, 1.82) is 5.26 Å². The first-order valence-electron chi connectivity index (χ1n) is 8.62. The Morgan fingerprint density at radius 1 is 1.26 bits per heavy atom. The molecule has 2 rings (SSSR count). The Labute approximate surface area is 165 Å². The number of ether oxygens (including phenoxy) is 2. The first-order chi connectivity index (χ1) is 12.8. The second-order valence-corrected chi connectivity index (χ2v) is 6.89. The van der Waals surface area contributed by atoms with Crippen LogP contribution >= 0.6 is 11.6 Å². The van der Waals surface area contributed by atoms with E-state index in [2.05, 4.69) is 0 Å². The molecule has 0 radical (unpaired) electrons. The van der Waals surface area contributed by atoms with Crippen LogP contribution in [0.3, 0.4) is 0 Å². The van der Waals surface area contributed by atoms with Crippen LogP contribution in [0, 0.1) is 25.2 Å². The third-order valence-corrected chi connectivity index (χ3v) is 4.21. The third-order valence-electron chi connectivity index (χ3n) is 3.90. The largest absolute Gasteiger partial charge is 0.487 e. The predicted octanol–water partition coefficient (Wildman–Crippen LogP) is 5.39. The highest BCUT2D eigenvalue weighted by Gasteiger charge is 2.14. The molecule has 0 bridgehead atoms. The van der Waals surface area contributed by atoms with E-state index in [-0.39, 0.29) is 11.7 Å². The van der Waals surface area contributed by atoms with Crippen molar-refractivity contribution in [3.63, 3.8) is 0 Å². The van der Waals surface area contributed by atoms with E-state index in [0.717, 1.165) is 22.3 Å². The van der Waals surface area contributed by atoms with Gasteiger partial charge in [0.05, 0.1) is 11.1 Å². The lowest BCUT2D eigenvalue weighted by molar-refractivity contribution is -0.142. The van der Waals surface area contributed by atoms with Gasteiger partial charge in [-0.25, -0.2) is 4.79 Å². The van der Waals surface area contributed by atoms with Crippen molar-refractivity contribution < 1.29 is 14.3 Å². The molecule has 0 aliphatic carbocycles. The summed E-state index contributed by atoms with van der Waals surface area (Å²) in [4.78, 5) is 12.1. The van der Waals surface area contributed by atoms with Gasteiger partial charge in [-0.3, -0.25) is 0 Å². The van der Waals surface area contributed by atoms with Crippen molar-refractivity contribution in [3.05, 3.63) is 69.2 Å². The molecule has 5 heteroatoms. The van der Waals surface area contributed by atoms with Crippen LogP contribution in [0.2, 0.25) is 5.02 Å². The molecular formula is C22H22ClNO3. The van der Waals surface area contributed by atoms with E-state index in [1.165, 1.54) is 0 Å². The van der Waals surface area contributed by atoms with Gasteiger partial charge >= 0.3 is 5.97 Å². The van der Waals surface area contributed by atoms with Crippen LogP contribution < -0.4 is 4.74 Å². The second-order valence-electron chi connectivity index (χ2n) is 6.48. The molecule has 0 unspecified atom stereocenters. The minimum Gasteiger partial charge on any atom is -0.487 e. The number of nitriles is 1. The fourth-order valence-corrected chi connectivity index (χ4v) is 2.74. The van der Waals surface area contributed by atoms with Gasteiger partial charge in [0.25, 0.3) is 0 Å². The van der Waals surface area contributed by atoms with Gasteiger partial charge < -0.3 is 9.47 Å². The maximum absolute atomic E-state index is 12.1. The lowest BCUT2D eigenvalue weighted by Crippen LogP contribution is -2.13. The average Bonchev–Trinajstić information content (AvgIpc) is 2.61. The monoisotopic (exact) mass is 383 g/mol. The number of esters is 1. The highest BCUT2D eigenvalue weighted by molar-refractivity contribution is 6.32. The standard InChI is InChI=1S/C22H22ClNO3/c1-14(2)27-22(25)18(12-24)11-17-9-15(3)10-19(16(17)4)13-26-21-8-6-5-7-20(21)23/h5-11,14H,13H2,1-4H3. The van der Waals surface area contributed by atoms with Crippen molar-refractivity contribution in [2.75, 3.05) is 0 Å². The zero-order chi connectivity index (χ0) is 20.0. The van der Waals surface area contributed by atoms with Gasteiger partial charge in [0.1, 0.15) is 24.0 Å².